The zero-order valence-electron chi connectivity index (χ0n) is 25.3. The first-order chi connectivity index (χ1) is 18.5. The van der Waals surface area contributed by atoms with Crippen LogP contribution in [0.4, 0.5) is 0 Å². The Morgan fingerprint density at radius 1 is 1.02 bits per heavy atom. The van der Waals surface area contributed by atoms with Crippen molar-refractivity contribution < 1.29 is 23.9 Å². The Hall–Kier alpha value is -2.75. The number of carbonyl (C=O) groups is 4. The van der Waals surface area contributed by atoms with Gasteiger partial charge in [0, 0.05) is 24.2 Å². The number of allylic oxidation sites excluding steroid dienone is 3. The fourth-order valence-corrected chi connectivity index (χ4v) is 10.4. The SMILES string of the molecule is COC(=O)[C@]12CCC(C)(C)CC1C1C(=O)C=C3[C@@]4(C)C=C(C#N)C(=O)[C@@](C)(NC(C)=O)C4CC[C@@]3(C)[C@]1(C)CC2. The van der Waals surface area contributed by atoms with Crippen molar-refractivity contribution in [2.24, 2.45) is 44.8 Å². The van der Waals surface area contributed by atoms with Crippen molar-refractivity contribution in [1.29, 1.82) is 5.26 Å². The molecule has 3 saturated carbocycles. The summed E-state index contributed by atoms with van der Waals surface area (Å²) in [6.45, 7) is 14.1. The van der Waals surface area contributed by atoms with Gasteiger partial charge >= 0.3 is 5.97 Å². The number of carbonyl (C=O) groups excluding carboxylic acids is 4. The van der Waals surface area contributed by atoms with Gasteiger partial charge in [0.25, 0.3) is 0 Å². The van der Waals surface area contributed by atoms with Crippen LogP contribution in [0.25, 0.3) is 0 Å². The molecule has 5 aliphatic carbocycles. The molecule has 3 unspecified atom stereocenters. The largest absolute Gasteiger partial charge is 0.469 e. The molecule has 5 aliphatic rings. The first kappa shape index (κ1) is 28.8. The van der Waals surface area contributed by atoms with E-state index in [-0.39, 0.29) is 52.2 Å². The third-order valence-corrected chi connectivity index (χ3v) is 12.6. The molecular weight excluding hydrogens is 504 g/mol. The normalized spacial score (nSPS) is 45.3. The molecule has 0 aromatic carbocycles. The Morgan fingerprint density at radius 3 is 2.27 bits per heavy atom. The van der Waals surface area contributed by atoms with E-state index in [1.807, 2.05) is 13.0 Å². The number of esters is 1. The van der Waals surface area contributed by atoms with Crippen LogP contribution in [0.3, 0.4) is 0 Å². The van der Waals surface area contributed by atoms with E-state index >= 15 is 0 Å². The number of rotatable bonds is 2. The van der Waals surface area contributed by atoms with Gasteiger partial charge < -0.3 is 10.1 Å². The summed E-state index contributed by atoms with van der Waals surface area (Å²) in [4.78, 5) is 53.7. The predicted octanol–water partition coefficient (Wildman–Crippen LogP) is 5.25. The number of hydrogen-bond acceptors (Lipinski definition) is 6. The fourth-order valence-electron chi connectivity index (χ4n) is 10.4. The number of nitrogens with zero attached hydrogens (tertiary/aromatic N) is 1. The molecule has 0 heterocycles. The van der Waals surface area contributed by atoms with Crippen LogP contribution in [-0.4, -0.2) is 36.1 Å². The second-order valence-electron chi connectivity index (χ2n) is 15.1. The maximum atomic E-state index is 14.5. The Kier molecular flexibility index (Phi) is 6.21. The van der Waals surface area contributed by atoms with E-state index in [1.54, 1.807) is 13.0 Å². The quantitative estimate of drug-likeness (QED) is 0.472. The van der Waals surface area contributed by atoms with Gasteiger partial charge in [0.2, 0.25) is 5.91 Å². The molecule has 0 aromatic heterocycles. The molecule has 0 saturated heterocycles. The highest BCUT2D eigenvalue weighted by Crippen LogP contribution is 2.74. The third kappa shape index (κ3) is 3.46. The summed E-state index contributed by atoms with van der Waals surface area (Å²) in [5, 5.41) is 12.9. The topological polar surface area (TPSA) is 113 Å². The van der Waals surface area contributed by atoms with Crippen molar-refractivity contribution in [3.05, 3.63) is 23.3 Å². The zero-order chi connectivity index (χ0) is 29.7. The standard InChI is InChI=1S/C33H44N2O5/c1-19(36)35-32(7)23-9-10-30(5)24(29(23,4)16-20(18-34)26(32)38)15-22(37)25-21-17-28(2,3)11-13-33(21,27(39)40-8)14-12-31(25,30)6/h15-16,21,23,25H,9-14,17H2,1-8H3,(H,35,36)/t21?,23?,25?,29-,30+,31+,32-,33-/m0/s1. The lowest BCUT2D eigenvalue weighted by Crippen LogP contribution is -2.69. The minimum Gasteiger partial charge on any atom is -0.469 e. The maximum absolute atomic E-state index is 14.5. The van der Waals surface area contributed by atoms with Gasteiger partial charge in [-0.2, -0.15) is 5.26 Å². The summed E-state index contributed by atoms with van der Waals surface area (Å²) in [6, 6.07) is 2.09. The van der Waals surface area contributed by atoms with Gasteiger partial charge in [0.05, 0.1) is 18.1 Å². The third-order valence-electron chi connectivity index (χ3n) is 12.6. The molecule has 216 valence electrons. The minimum atomic E-state index is -1.25. The van der Waals surface area contributed by atoms with Gasteiger partial charge in [0.15, 0.2) is 11.6 Å². The molecule has 0 bridgehead atoms. The molecule has 1 amide bonds. The second kappa shape index (κ2) is 8.63. The number of ketones is 2. The first-order valence-corrected chi connectivity index (χ1v) is 14.8. The highest BCUT2D eigenvalue weighted by molar-refractivity contribution is 6.09. The number of fused-ring (bicyclic) bond motifs is 7. The fraction of sp³-hybridized carbons (Fsp3) is 0.727. The average Bonchev–Trinajstić information content (AvgIpc) is 2.86. The molecule has 5 rings (SSSR count). The molecule has 1 N–H and O–H groups in total. The van der Waals surface area contributed by atoms with E-state index in [9.17, 15) is 24.4 Å². The van der Waals surface area contributed by atoms with Crippen LogP contribution in [0.15, 0.2) is 23.3 Å². The van der Waals surface area contributed by atoms with Crippen molar-refractivity contribution >= 4 is 23.4 Å². The zero-order valence-corrected chi connectivity index (χ0v) is 25.3. The monoisotopic (exact) mass is 548 g/mol. The number of nitrogens with one attached hydrogen (secondary N) is 1. The van der Waals surface area contributed by atoms with Crippen LogP contribution < -0.4 is 5.32 Å². The number of amides is 1. The lowest BCUT2D eigenvalue weighted by atomic mass is 9.34. The Labute approximate surface area is 238 Å². The van der Waals surface area contributed by atoms with Crippen LogP contribution in [0.5, 0.6) is 0 Å². The van der Waals surface area contributed by atoms with Gasteiger partial charge in [-0.25, -0.2) is 0 Å². The van der Waals surface area contributed by atoms with Crippen molar-refractivity contribution in [3.8, 4) is 6.07 Å². The number of nitriles is 1. The molecule has 0 spiro atoms. The summed E-state index contributed by atoms with van der Waals surface area (Å²) < 4.78 is 5.40. The molecule has 0 aromatic rings. The molecule has 40 heavy (non-hydrogen) atoms. The van der Waals surface area contributed by atoms with Crippen molar-refractivity contribution in [2.45, 2.75) is 99.0 Å². The molecule has 8 atom stereocenters. The number of methoxy groups -OCH3 is 1. The van der Waals surface area contributed by atoms with Crippen molar-refractivity contribution in [1.82, 2.24) is 5.32 Å². The van der Waals surface area contributed by atoms with Gasteiger partial charge in [-0.3, -0.25) is 19.2 Å². The number of hydrogen-bond donors (Lipinski definition) is 1. The summed E-state index contributed by atoms with van der Waals surface area (Å²) in [5.41, 5.74) is -2.47. The Bertz CT molecular complexity index is 1320. The molecule has 0 aliphatic heterocycles. The Morgan fingerprint density at radius 2 is 1.68 bits per heavy atom. The van der Waals surface area contributed by atoms with Crippen molar-refractivity contribution in [2.75, 3.05) is 7.11 Å². The van der Waals surface area contributed by atoms with Crippen LogP contribution in [-0.2, 0) is 23.9 Å². The molecule has 0 radical (unpaired) electrons. The molecular formula is C33H44N2O5. The van der Waals surface area contributed by atoms with E-state index in [2.05, 4.69) is 39.1 Å². The van der Waals surface area contributed by atoms with E-state index in [0.29, 0.717) is 12.8 Å². The minimum absolute atomic E-state index is 0.0175. The van der Waals surface area contributed by atoms with Gasteiger partial charge in [-0.1, -0.05) is 46.3 Å². The summed E-state index contributed by atoms with van der Waals surface area (Å²) in [7, 11) is 1.46. The van der Waals surface area contributed by atoms with E-state index in [1.165, 1.54) is 14.0 Å². The number of Topliss-reactive ketones (excluding diaryl/α,β-unsaturated/α-hetero) is 1. The van der Waals surface area contributed by atoms with Crippen LogP contribution in [0.1, 0.15) is 93.4 Å². The van der Waals surface area contributed by atoms with Crippen molar-refractivity contribution in [3.63, 3.8) is 0 Å². The predicted molar refractivity (Wildman–Crippen MR) is 149 cm³/mol. The molecule has 7 heteroatoms. The average molecular weight is 549 g/mol. The lowest BCUT2D eigenvalue weighted by Gasteiger charge is -2.68. The van der Waals surface area contributed by atoms with Gasteiger partial charge in [0.1, 0.15) is 11.6 Å². The molecule has 7 nitrogen and oxygen atoms in total. The lowest BCUT2D eigenvalue weighted by molar-refractivity contribution is -0.190. The first-order valence-electron chi connectivity index (χ1n) is 14.8. The van der Waals surface area contributed by atoms with E-state index in [4.69, 9.17) is 4.74 Å². The van der Waals surface area contributed by atoms with E-state index in [0.717, 1.165) is 37.7 Å². The van der Waals surface area contributed by atoms with Gasteiger partial charge in [-0.15, -0.1) is 0 Å². The maximum Gasteiger partial charge on any atom is 0.312 e. The van der Waals surface area contributed by atoms with E-state index < -0.39 is 27.2 Å². The summed E-state index contributed by atoms with van der Waals surface area (Å²) in [5.74, 6) is -1.56. The Balaban J connectivity index is 1.70. The van der Waals surface area contributed by atoms with Crippen LogP contribution in [0.2, 0.25) is 0 Å². The smallest absolute Gasteiger partial charge is 0.312 e. The van der Waals surface area contributed by atoms with Crippen LogP contribution in [0, 0.1) is 56.2 Å². The number of ether oxygens (including phenoxy) is 1. The summed E-state index contributed by atoms with van der Waals surface area (Å²) >= 11 is 0. The van der Waals surface area contributed by atoms with Crippen LogP contribution >= 0.6 is 0 Å². The second-order valence-corrected chi connectivity index (χ2v) is 15.1. The van der Waals surface area contributed by atoms with Gasteiger partial charge in [-0.05, 0) is 80.1 Å². The highest BCUT2D eigenvalue weighted by Gasteiger charge is 2.71. The summed E-state index contributed by atoms with van der Waals surface area (Å²) in [6.07, 6.45) is 8.85. The molecule has 3 fully saturated rings. The highest BCUT2D eigenvalue weighted by atomic mass is 16.5.